The summed E-state index contributed by atoms with van der Waals surface area (Å²) in [6.07, 6.45) is 4.12. The van der Waals surface area contributed by atoms with Crippen molar-refractivity contribution in [3.05, 3.63) is 23.8 Å². The van der Waals surface area contributed by atoms with E-state index in [0.29, 0.717) is 0 Å². The Labute approximate surface area is 120 Å². The minimum Gasteiger partial charge on any atom is -0.497 e. The summed E-state index contributed by atoms with van der Waals surface area (Å²) in [5, 5.41) is 0. The molecule has 4 nitrogen and oxygen atoms in total. The van der Waals surface area contributed by atoms with Gasteiger partial charge in [0.1, 0.15) is 11.5 Å². The van der Waals surface area contributed by atoms with E-state index in [1.807, 2.05) is 18.2 Å². The summed E-state index contributed by atoms with van der Waals surface area (Å²) in [7, 11) is 3.35. The van der Waals surface area contributed by atoms with Gasteiger partial charge in [0.25, 0.3) is 0 Å². The van der Waals surface area contributed by atoms with Gasteiger partial charge in [0.15, 0.2) is 0 Å². The molecule has 1 aliphatic carbocycles. The number of fused-ring (bicyclic) bond motifs is 2. The standard InChI is InChI=1S/C16H24N2O2/c1-19-13-5-6-14(16(8-13)20-2)15(17)10-18-9-11-3-4-12(18)7-11/h5-6,8,11-12,15H,3-4,7,9-10,17H2,1-2H3. The molecule has 110 valence electrons. The molecule has 2 bridgehead atoms. The van der Waals surface area contributed by atoms with Crippen LogP contribution >= 0.6 is 0 Å². The van der Waals surface area contributed by atoms with Crippen molar-refractivity contribution < 1.29 is 9.47 Å². The maximum atomic E-state index is 6.41. The fourth-order valence-corrected chi connectivity index (χ4v) is 3.73. The molecule has 0 aromatic heterocycles. The monoisotopic (exact) mass is 276 g/mol. The van der Waals surface area contributed by atoms with Crippen molar-refractivity contribution in [2.75, 3.05) is 27.3 Å². The lowest BCUT2D eigenvalue weighted by molar-refractivity contribution is 0.200. The van der Waals surface area contributed by atoms with E-state index >= 15 is 0 Å². The fourth-order valence-electron chi connectivity index (χ4n) is 3.73. The first kappa shape index (κ1) is 13.7. The number of methoxy groups -OCH3 is 2. The molecule has 0 spiro atoms. The summed E-state index contributed by atoms with van der Waals surface area (Å²) < 4.78 is 10.7. The van der Waals surface area contributed by atoms with Gasteiger partial charge in [0.2, 0.25) is 0 Å². The number of nitrogens with two attached hydrogens (primary N) is 1. The van der Waals surface area contributed by atoms with Gasteiger partial charge >= 0.3 is 0 Å². The van der Waals surface area contributed by atoms with Crippen LogP contribution in [0.25, 0.3) is 0 Å². The quantitative estimate of drug-likeness (QED) is 0.895. The normalized spacial score (nSPS) is 26.8. The van der Waals surface area contributed by atoms with Crippen molar-refractivity contribution in [1.29, 1.82) is 0 Å². The van der Waals surface area contributed by atoms with Crippen molar-refractivity contribution in [3.8, 4) is 11.5 Å². The largest absolute Gasteiger partial charge is 0.497 e. The van der Waals surface area contributed by atoms with E-state index in [0.717, 1.165) is 35.6 Å². The van der Waals surface area contributed by atoms with Gasteiger partial charge < -0.3 is 15.2 Å². The van der Waals surface area contributed by atoms with Crippen molar-refractivity contribution in [2.24, 2.45) is 11.7 Å². The van der Waals surface area contributed by atoms with Crippen molar-refractivity contribution in [3.63, 3.8) is 0 Å². The van der Waals surface area contributed by atoms with Gasteiger partial charge in [-0.2, -0.15) is 0 Å². The van der Waals surface area contributed by atoms with Gasteiger partial charge in [0, 0.05) is 36.8 Å². The number of hydrogen-bond acceptors (Lipinski definition) is 4. The van der Waals surface area contributed by atoms with Crippen LogP contribution in [0, 0.1) is 5.92 Å². The number of hydrogen-bond donors (Lipinski definition) is 1. The van der Waals surface area contributed by atoms with Crippen LogP contribution < -0.4 is 15.2 Å². The lowest BCUT2D eigenvalue weighted by Crippen LogP contribution is -2.37. The predicted molar refractivity (Wildman–Crippen MR) is 79.2 cm³/mol. The van der Waals surface area contributed by atoms with E-state index in [4.69, 9.17) is 15.2 Å². The van der Waals surface area contributed by atoms with Crippen LogP contribution in [0.1, 0.15) is 30.9 Å². The molecular formula is C16H24N2O2. The lowest BCUT2D eigenvalue weighted by atomic mass is 10.0. The van der Waals surface area contributed by atoms with Crippen LogP contribution in [0.2, 0.25) is 0 Å². The first-order chi connectivity index (χ1) is 9.71. The summed E-state index contributed by atoms with van der Waals surface area (Å²) in [5.41, 5.74) is 7.48. The van der Waals surface area contributed by atoms with Crippen LogP contribution in [0.5, 0.6) is 11.5 Å². The number of benzene rings is 1. The first-order valence-corrected chi connectivity index (χ1v) is 7.42. The number of likely N-dealkylation sites (tertiary alicyclic amines) is 1. The third-order valence-corrected chi connectivity index (χ3v) is 4.79. The molecule has 1 aromatic carbocycles. The van der Waals surface area contributed by atoms with Crippen LogP contribution in [0.15, 0.2) is 18.2 Å². The minimum atomic E-state index is -0.00444. The Balaban J connectivity index is 1.71. The Kier molecular flexibility index (Phi) is 3.85. The van der Waals surface area contributed by atoms with Gasteiger partial charge in [-0.15, -0.1) is 0 Å². The number of nitrogens with zero attached hydrogens (tertiary/aromatic N) is 1. The van der Waals surface area contributed by atoms with Gasteiger partial charge in [-0.1, -0.05) is 6.07 Å². The molecule has 2 aliphatic rings. The highest BCUT2D eigenvalue weighted by Gasteiger charge is 2.38. The average Bonchev–Trinajstić information content (AvgIpc) is 3.09. The molecule has 1 saturated carbocycles. The van der Waals surface area contributed by atoms with Gasteiger partial charge in [-0.05, 0) is 31.2 Å². The molecule has 1 aromatic rings. The topological polar surface area (TPSA) is 47.7 Å². The van der Waals surface area contributed by atoms with Crippen LogP contribution in [-0.4, -0.2) is 38.3 Å². The second kappa shape index (κ2) is 5.62. The van der Waals surface area contributed by atoms with Gasteiger partial charge in [-0.3, -0.25) is 4.90 Å². The van der Waals surface area contributed by atoms with E-state index in [1.165, 1.54) is 25.8 Å². The minimum absolute atomic E-state index is 0.00444. The van der Waals surface area contributed by atoms with E-state index in [9.17, 15) is 0 Å². The molecule has 1 heterocycles. The zero-order chi connectivity index (χ0) is 14.1. The Morgan fingerprint density at radius 1 is 1.30 bits per heavy atom. The Morgan fingerprint density at radius 3 is 2.75 bits per heavy atom. The third kappa shape index (κ3) is 2.50. The Hall–Kier alpha value is -1.26. The van der Waals surface area contributed by atoms with Crippen LogP contribution in [0.4, 0.5) is 0 Å². The Morgan fingerprint density at radius 2 is 2.15 bits per heavy atom. The maximum Gasteiger partial charge on any atom is 0.127 e. The smallest absolute Gasteiger partial charge is 0.127 e. The molecule has 2 N–H and O–H groups in total. The maximum absolute atomic E-state index is 6.41. The average molecular weight is 276 g/mol. The fraction of sp³-hybridized carbons (Fsp3) is 0.625. The second-order valence-electron chi connectivity index (χ2n) is 6.00. The summed E-state index contributed by atoms with van der Waals surface area (Å²) in [6, 6.07) is 6.64. The summed E-state index contributed by atoms with van der Waals surface area (Å²) >= 11 is 0. The number of rotatable bonds is 5. The second-order valence-corrected chi connectivity index (χ2v) is 6.00. The zero-order valence-corrected chi connectivity index (χ0v) is 12.3. The molecule has 3 atom stereocenters. The highest BCUT2D eigenvalue weighted by Crippen LogP contribution is 2.38. The van der Waals surface area contributed by atoms with Crippen molar-refractivity contribution >= 4 is 0 Å². The van der Waals surface area contributed by atoms with Crippen molar-refractivity contribution in [1.82, 2.24) is 4.90 Å². The third-order valence-electron chi connectivity index (χ3n) is 4.79. The molecule has 3 rings (SSSR count). The van der Waals surface area contributed by atoms with E-state index in [2.05, 4.69) is 4.90 Å². The molecule has 0 amide bonds. The van der Waals surface area contributed by atoms with Crippen LogP contribution in [-0.2, 0) is 0 Å². The molecule has 0 radical (unpaired) electrons. The Bertz CT molecular complexity index is 478. The summed E-state index contributed by atoms with van der Waals surface area (Å²) in [5.74, 6) is 2.53. The zero-order valence-electron chi connectivity index (χ0n) is 12.3. The van der Waals surface area contributed by atoms with Gasteiger partial charge in [0.05, 0.1) is 14.2 Å². The number of piperidine rings is 1. The predicted octanol–water partition coefficient (Wildman–Crippen LogP) is 2.19. The van der Waals surface area contributed by atoms with E-state index < -0.39 is 0 Å². The highest BCUT2D eigenvalue weighted by atomic mass is 16.5. The molecular weight excluding hydrogens is 252 g/mol. The van der Waals surface area contributed by atoms with Crippen LogP contribution in [0.3, 0.4) is 0 Å². The lowest BCUT2D eigenvalue weighted by Gasteiger charge is -2.30. The molecule has 20 heavy (non-hydrogen) atoms. The molecule has 1 saturated heterocycles. The van der Waals surface area contributed by atoms with Gasteiger partial charge in [-0.25, -0.2) is 0 Å². The van der Waals surface area contributed by atoms with E-state index in [1.54, 1.807) is 14.2 Å². The summed E-state index contributed by atoms with van der Waals surface area (Å²) in [4.78, 5) is 2.56. The molecule has 1 aliphatic heterocycles. The first-order valence-electron chi connectivity index (χ1n) is 7.42. The molecule has 3 unspecified atom stereocenters. The summed E-state index contributed by atoms with van der Waals surface area (Å²) in [6.45, 7) is 2.14. The van der Waals surface area contributed by atoms with Crippen molar-refractivity contribution in [2.45, 2.75) is 31.3 Å². The highest BCUT2D eigenvalue weighted by molar-refractivity contribution is 5.42. The number of ether oxygens (including phenoxy) is 2. The molecule has 4 heteroatoms. The van der Waals surface area contributed by atoms with E-state index in [-0.39, 0.29) is 6.04 Å². The SMILES string of the molecule is COc1ccc(C(N)CN2CC3CCC2C3)c(OC)c1. The molecule has 2 fully saturated rings.